The van der Waals surface area contributed by atoms with E-state index in [0.29, 0.717) is 37.6 Å². The fourth-order valence-corrected chi connectivity index (χ4v) is 2.90. The number of hydrogen-bond acceptors (Lipinski definition) is 5. The van der Waals surface area contributed by atoms with Gasteiger partial charge in [0.25, 0.3) is 0 Å². The van der Waals surface area contributed by atoms with Crippen molar-refractivity contribution in [2.45, 2.75) is 45.3 Å². The standard InChI is InChI=1S/C18H23N5O3/c1-2-10-19-18(25)20-11-15-21-17(26-22-15)14-8-9-16(24)23(14)12-13-6-4-3-5-7-13/h3-7,14H,2,8-12H2,1H3,(H2,19,20,25)/t14-/m0/s1. The van der Waals surface area contributed by atoms with Crippen molar-refractivity contribution in [3.05, 3.63) is 47.6 Å². The van der Waals surface area contributed by atoms with Crippen LogP contribution in [0.3, 0.4) is 0 Å². The van der Waals surface area contributed by atoms with Crippen LogP contribution >= 0.6 is 0 Å². The van der Waals surface area contributed by atoms with E-state index in [9.17, 15) is 9.59 Å². The SMILES string of the molecule is CCCNC(=O)NCc1noc([C@@H]2CCC(=O)N2Cc2ccccc2)n1. The molecule has 2 aromatic rings. The number of rotatable bonds is 7. The predicted octanol–water partition coefficient (Wildman–Crippen LogP) is 2.14. The maximum absolute atomic E-state index is 12.3. The number of amides is 3. The summed E-state index contributed by atoms with van der Waals surface area (Å²) in [6, 6.07) is 9.33. The molecule has 0 unspecified atom stereocenters. The molecule has 8 heteroatoms. The van der Waals surface area contributed by atoms with Gasteiger partial charge in [-0.1, -0.05) is 42.4 Å². The zero-order valence-corrected chi connectivity index (χ0v) is 14.8. The van der Waals surface area contributed by atoms with Crippen LogP contribution in [0.4, 0.5) is 4.79 Å². The molecule has 3 amide bonds. The van der Waals surface area contributed by atoms with Crippen molar-refractivity contribution in [3.8, 4) is 0 Å². The molecule has 0 bridgehead atoms. The third kappa shape index (κ3) is 4.38. The van der Waals surface area contributed by atoms with Gasteiger partial charge in [-0.05, 0) is 18.4 Å². The minimum Gasteiger partial charge on any atom is -0.338 e. The van der Waals surface area contributed by atoms with Gasteiger partial charge in [0.15, 0.2) is 5.82 Å². The number of likely N-dealkylation sites (tertiary alicyclic amines) is 1. The van der Waals surface area contributed by atoms with Gasteiger partial charge < -0.3 is 20.1 Å². The predicted molar refractivity (Wildman–Crippen MR) is 93.8 cm³/mol. The maximum atomic E-state index is 12.3. The number of benzene rings is 1. The first-order chi connectivity index (χ1) is 12.7. The molecule has 1 aliphatic rings. The molecule has 26 heavy (non-hydrogen) atoms. The molecule has 2 heterocycles. The normalized spacial score (nSPS) is 16.7. The average molecular weight is 357 g/mol. The van der Waals surface area contributed by atoms with Crippen molar-refractivity contribution in [3.63, 3.8) is 0 Å². The average Bonchev–Trinajstić information content (AvgIpc) is 3.26. The first-order valence-corrected chi connectivity index (χ1v) is 8.85. The topological polar surface area (TPSA) is 100 Å². The van der Waals surface area contributed by atoms with Crippen LogP contribution in [-0.2, 0) is 17.9 Å². The van der Waals surface area contributed by atoms with Gasteiger partial charge in [0.05, 0.1) is 6.54 Å². The number of aromatic nitrogens is 2. The summed E-state index contributed by atoms with van der Waals surface area (Å²) < 4.78 is 5.35. The van der Waals surface area contributed by atoms with Crippen molar-refractivity contribution >= 4 is 11.9 Å². The van der Waals surface area contributed by atoms with Crippen LogP contribution in [0.25, 0.3) is 0 Å². The summed E-state index contributed by atoms with van der Waals surface area (Å²) in [4.78, 5) is 30.0. The van der Waals surface area contributed by atoms with E-state index in [1.54, 1.807) is 4.90 Å². The Bertz CT molecular complexity index is 746. The van der Waals surface area contributed by atoms with E-state index in [1.807, 2.05) is 37.3 Å². The van der Waals surface area contributed by atoms with Crippen LogP contribution in [-0.4, -0.2) is 33.5 Å². The number of carbonyl (C=O) groups is 2. The van der Waals surface area contributed by atoms with Crippen LogP contribution in [0.15, 0.2) is 34.9 Å². The molecular formula is C18H23N5O3. The second kappa shape index (κ2) is 8.46. The zero-order valence-electron chi connectivity index (χ0n) is 14.8. The molecule has 1 aromatic heterocycles. The highest BCUT2D eigenvalue weighted by Crippen LogP contribution is 2.33. The molecule has 1 fully saturated rings. The molecule has 138 valence electrons. The van der Waals surface area contributed by atoms with E-state index >= 15 is 0 Å². The van der Waals surface area contributed by atoms with Crippen molar-refractivity contribution in [1.82, 2.24) is 25.7 Å². The monoisotopic (exact) mass is 357 g/mol. The molecule has 0 aliphatic carbocycles. The number of nitrogens with zero attached hydrogens (tertiary/aromatic N) is 3. The van der Waals surface area contributed by atoms with E-state index < -0.39 is 0 Å². The van der Waals surface area contributed by atoms with Gasteiger partial charge in [0, 0.05) is 19.5 Å². The van der Waals surface area contributed by atoms with Gasteiger partial charge in [-0.3, -0.25) is 4.79 Å². The molecule has 0 spiro atoms. The highest BCUT2D eigenvalue weighted by molar-refractivity contribution is 5.78. The van der Waals surface area contributed by atoms with Crippen molar-refractivity contribution in [1.29, 1.82) is 0 Å². The van der Waals surface area contributed by atoms with E-state index in [4.69, 9.17) is 4.52 Å². The Balaban J connectivity index is 1.62. The van der Waals surface area contributed by atoms with E-state index in [-0.39, 0.29) is 24.5 Å². The van der Waals surface area contributed by atoms with Gasteiger partial charge in [0.2, 0.25) is 11.8 Å². The minimum absolute atomic E-state index is 0.0793. The summed E-state index contributed by atoms with van der Waals surface area (Å²) in [7, 11) is 0. The molecule has 1 atom stereocenters. The summed E-state index contributed by atoms with van der Waals surface area (Å²) in [5.41, 5.74) is 1.06. The Hall–Kier alpha value is -2.90. The minimum atomic E-state index is -0.264. The van der Waals surface area contributed by atoms with E-state index in [2.05, 4.69) is 20.8 Å². The van der Waals surface area contributed by atoms with Gasteiger partial charge in [0.1, 0.15) is 6.04 Å². The summed E-state index contributed by atoms with van der Waals surface area (Å²) in [5.74, 6) is 0.888. The van der Waals surface area contributed by atoms with Gasteiger partial charge in [-0.15, -0.1) is 0 Å². The largest absolute Gasteiger partial charge is 0.338 e. The highest BCUT2D eigenvalue weighted by Gasteiger charge is 2.35. The third-order valence-electron chi connectivity index (χ3n) is 4.24. The Morgan fingerprint density at radius 3 is 2.88 bits per heavy atom. The lowest BCUT2D eigenvalue weighted by Gasteiger charge is -2.22. The molecule has 1 aromatic carbocycles. The number of urea groups is 1. The lowest BCUT2D eigenvalue weighted by atomic mass is 10.2. The van der Waals surface area contributed by atoms with Gasteiger partial charge in [-0.2, -0.15) is 4.98 Å². The molecule has 1 aliphatic heterocycles. The second-order valence-corrected chi connectivity index (χ2v) is 6.22. The molecule has 2 N–H and O–H groups in total. The second-order valence-electron chi connectivity index (χ2n) is 6.22. The van der Waals surface area contributed by atoms with Gasteiger partial charge in [-0.25, -0.2) is 4.79 Å². The third-order valence-corrected chi connectivity index (χ3v) is 4.24. The quantitative estimate of drug-likeness (QED) is 0.791. The highest BCUT2D eigenvalue weighted by atomic mass is 16.5. The summed E-state index contributed by atoms with van der Waals surface area (Å²) in [6.07, 6.45) is 1.98. The van der Waals surface area contributed by atoms with Crippen LogP contribution in [0, 0.1) is 0 Å². The summed E-state index contributed by atoms with van der Waals surface area (Å²) in [6.45, 7) is 3.29. The number of nitrogens with one attached hydrogen (secondary N) is 2. The smallest absolute Gasteiger partial charge is 0.315 e. The fraction of sp³-hybridized carbons (Fsp3) is 0.444. The van der Waals surface area contributed by atoms with E-state index in [1.165, 1.54) is 0 Å². The molecule has 1 saturated heterocycles. The molecule has 0 saturated carbocycles. The summed E-state index contributed by atoms with van der Waals surface area (Å²) >= 11 is 0. The lowest BCUT2D eigenvalue weighted by molar-refractivity contribution is -0.129. The first-order valence-electron chi connectivity index (χ1n) is 8.85. The lowest BCUT2D eigenvalue weighted by Crippen LogP contribution is -2.35. The number of hydrogen-bond donors (Lipinski definition) is 2. The first kappa shape index (κ1) is 17.9. The Morgan fingerprint density at radius 1 is 1.31 bits per heavy atom. The Morgan fingerprint density at radius 2 is 2.12 bits per heavy atom. The van der Waals surface area contributed by atoms with Crippen LogP contribution in [0.2, 0.25) is 0 Å². The Kier molecular flexibility index (Phi) is 5.83. The fourth-order valence-electron chi connectivity index (χ4n) is 2.90. The van der Waals surface area contributed by atoms with Crippen molar-refractivity contribution < 1.29 is 14.1 Å². The van der Waals surface area contributed by atoms with Crippen LogP contribution < -0.4 is 10.6 Å². The zero-order chi connectivity index (χ0) is 18.4. The van der Waals surface area contributed by atoms with Gasteiger partial charge >= 0.3 is 6.03 Å². The summed E-state index contributed by atoms with van der Waals surface area (Å²) in [5, 5.41) is 9.31. The molecule has 3 rings (SSSR count). The molecule has 8 nitrogen and oxygen atoms in total. The van der Waals surface area contributed by atoms with Crippen LogP contribution in [0.5, 0.6) is 0 Å². The Labute approximate surface area is 151 Å². The van der Waals surface area contributed by atoms with Crippen LogP contribution in [0.1, 0.15) is 49.5 Å². The van der Waals surface area contributed by atoms with Crippen molar-refractivity contribution in [2.75, 3.05) is 6.54 Å². The molecular weight excluding hydrogens is 334 g/mol. The number of carbonyl (C=O) groups excluding carboxylic acids is 2. The maximum Gasteiger partial charge on any atom is 0.315 e. The van der Waals surface area contributed by atoms with E-state index in [0.717, 1.165) is 12.0 Å². The molecule has 0 radical (unpaired) electrons. The van der Waals surface area contributed by atoms with Crippen molar-refractivity contribution in [2.24, 2.45) is 0 Å².